The average Bonchev–Trinajstić information content (AvgIpc) is 2.67. The van der Waals surface area contributed by atoms with Gasteiger partial charge in [0.05, 0.1) is 6.42 Å². The summed E-state index contributed by atoms with van der Waals surface area (Å²) in [5.74, 6) is -0.944. The lowest BCUT2D eigenvalue weighted by molar-refractivity contribution is -0.146. The first-order valence-corrected chi connectivity index (χ1v) is 8.55. The van der Waals surface area contributed by atoms with Crippen LogP contribution in [-0.4, -0.2) is 24.3 Å². The number of esters is 1. The highest BCUT2D eigenvalue weighted by atomic mass is 16.5. The molecule has 1 amide bonds. The van der Waals surface area contributed by atoms with Crippen LogP contribution < -0.4 is 5.32 Å². The quantitative estimate of drug-likeness (QED) is 0.536. The Hall–Kier alpha value is -3.47. The molecule has 0 fully saturated rings. The molecular weight excluding hydrogens is 342 g/mol. The van der Waals surface area contributed by atoms with E-state index in [1.165, 1.54) is 6.92 Å². The Morgan fingerprint density at radius 1 is 0.889 bits per heavy atom. The number of ether oxygens (including phenoxy) is 1. The van der Waals surface area contributed by atoms with Crippen molar-refractivity contribution in [2.75, 3.05) is 11.9 Å². The van der Waals surface area contributed by atoms with E-state index in [2.05, 4.69) is 5.32 Å². The first-order chi connectivity index (χ1) is 13.0. The van der Waals surface area contributed by atoms with Crippen LogP contribution in [0.25, 0.3) is 10.8 Å². The third-order valence-electron chi connectivity index (χ3n) is 4.10. The fourth-order valence-corrected chi connectivity index (χ4v) is 2.70. The van der Waals surface area contributed by atoms with Crippen LogP contribution in [0.3, 0.4) is 0 Å². The third kappa shape index (κ3) is 5.01. The number of ketones is 1. The zero-order valence-electron chi connectivity index (χ0n) is 14.9. The lowest BCUT2D eigenvalue weighted by Crippen LogP contribution is -2.21. The van der Waals surface area contributed by atoms with Crippen molar-refractivity contribution >= 4 is 34.1 Å². The van der Waals surface area contributed by atoms with E-state index >= 15 is 0 Å². The maximum absolute atomic E-state index is 12.0. The van der Waals surface area contributed by atoms with Crippen LogP contribution >= 0.6 is 0 Å². The van der Waals surface area contributed by atoms with Gasteiger partial charge in [-0.3, -0.25) is 14.4 Å². The molecular formula is C22H19NO4. The average molecular weight is 361 g/mol. The topological polar surface area (TPSA) is 72.5 Å². The van der Waals surface area contributed by atoms with Gasteiger partial charge in [0.15, 0.2) is 12.4 Å². The van der Waals surface area contributed by atoms with Gasteiger partial charge in [0.2, 0.25) is 0 Å². The first kappa shape index (κ1) is 18.3. The highest BCUT2D eigenvalue weighted by Crippen LogP contribution is 2.16. The minimum atomic E-state index is -0.465. The number of hydrogen-bond acceptors (Lipinski definition) is 4. The molecule has 0 spiro atoms. The number of benzene rings is 3. The molecule has 0 aliphatic heterocycles. The van der Waals surface area contributed by atoms with Crippen molar-refractivity contribution in [2.45, 2.75) is 13.3 Å². The van der Waals surface area contributed by atoms with Gasteiger partial charge in [-0.2, -0.15) is 0 Å². The molecule has 0 radical (unpaired) electrons. The van der Waals surface area contributed by atoms with Crippen molar-refractivity contribution in [1.82, 2.24) is 0 Å². The number of amides is 1. The van der Waals surface area contributed by atoms with Crippen molar-refractivity contribution in [3.63, 3.8) is 0 Å². The van der Waals surface area contributed by atoms with Gasteiger partial charge in [0.1, 0.15) is 0 Å². The minimum absolute atomic E-state index is 0.0458. The molecule has 136 valence electrons. The molecule has 0 atom stereocenters. The number of hydrogen-bond donors (Lipinski definition) is 1. The van der Waals surface area contributed by atoms with Crippen molar-refractivity contribution in [2.24, 2.45) is 0 Å². The van der Waals surface area contributed by atoms with Gasteiger partial charge in [-0.1, -0.05) is 42.5 Å². The van der Waals surface area contributed by atoms with Crippen LogP contribution in [0, 0.1) is 0 Å². The summed E-state index contributed by atoms with van der Waals surface area (Å²) in [6, 6.07) is 20.2. The highest BCUT2D eigenvalue weighted by molar-refractivity contribution is 5.96. The minimum Gasteiger partial charge on any atom is -0.455 e. The van der Waals surface area contributed by atoms with E-state index in [0.29, 0.717) is 11.3 Å². The van der Waals surface area contributed by atoms with Crippen LogP contribution in [0.5, 0.6) is 0 Å². The van der Waals surface area contributed by atoms with Crippen LogP contribution in [0.1, 0.15) is 22.8 Å². The van der Waals surface area contributed by atoms with E-state index in [9.17, 15) is 14.4 Å². The highest BCUT2D eigenvalue weighted by Gasteiger charge is 2.10. The number of carbonyl (C=O) groups excluding carboxylic acids is 3. The number of rotatable bonds is 6. The molecule has 0 saturated heterocycles. The Kier molecular flexibility index (Phi) is 5.61. The largest absolute Gasteiger partial charge is 0.455 e. The summed E-state index contributed by atoms with van der Waals surface area (Å²) < 4.78 is 5.05. The third-order valence-corrected chi connectivity index (χ3v) is 4.10. The molecule has 0 aliphatic rings. The molecule has 0 heterocycles. The lowest BCUT2D eigenvalue weighted by Gasteiger charge is -2.08. The molecule has 0 unspecified atom stereocenters. The molecule has 3 aromatic carbocycles. The molecule has 0 aliphatic carbocycles. The number of nitrogens with one attached hydrogen (secondary N) is 1. The van der Waals surface area contributed by atoms with Gasteiger partial charge in [-0.05, 0) is 47.5 Å². The second kappa shape index (κ2) is 8.27. The fraction of sp³-hybridized carbons (Fsp3) is 0.136. The van der Waals surface area contributed by atoms with Crippen LogP contribution in [0.2, 0.25) is 0 Å². The lowest BCUT2D eigenvalue weighted by atomic mass is 10.1. The summed E-state index contributed by atoms with van der Waals surface area (Å²) in [5.41, 5.74) is 1.93. The van der Waals surface area contributed by atoms with Crippen LogP contribution in [-0.2, 0) is 20.7 Å². The second-order valence-electron chi connectivity index (χ2n) is 6.20. The summed E-state index contributed by atoms with van der Waals surface area (Å²) >= 11 is 0. The SMILES string of the molecule is CC(=O)c1ccc(NC(=O)COC(=O)Cc2ccc3ccccc3c2)cc1. The van der Waals surface area contributed by atoms with E-state index in [-0.39, 0.29) is 18.8 Å². The standard InChI is InChI=1S/C22H19NO4/c1-15(24)17-8-10-20(11-9-17)23-21(25)14-27-22(26)13-16-6-7-18-4-2-3-5-19(18)12-16/h2-12H,13-14H2,1H3,(H,23,25). The van der Waals surface area contributed by atoms with Gasteiger partial charge >= 0.3 is 5.97 Å². The Morgan fingerprint density at radius 3 is 2.30 bits per heavy atom. The zero-order valence-corrected chi connectivity index (χ0v) is 14.9. The Morgan fingerprint density at radius 2 is 1.59 bits per heavy atom. The predicted molar refractivity (Wildman–Crippen MR) is 104 cm³/mol. The summed E-state index contributed by atoms with van der Waals surface area (Å²) in [4.78, 5) is 35.1. The summed E-state index contributed by atoms with van der Waals surface area (Å²) in [6.07, 6.45) is 0.103. The predicted octanol–water partition coefficient (Wildman–Crippen LogP) is 3.77. The molecule has 27 heavy (non-hydrogen) atoms. The van der Waals surface area contributed by atoms with Crippen molar-refractivity contribution in [3.8, 4) is 0 Å². The van der Waals surface area contributed by atoms with E-state index in [4.69, 9.17) is 4.74 Å². The van der Waals surface area contributed by atoms with Crippen LogP contribution in [0.4, 0.5) is 5.69 Å². The molecule has 5 nitrogen and oxygen atoms in total. The molecule has 3 aromatic rings. The van der Waals surface area contributed by atoms with Gasteiger partial charge < -0.3 is 10.1 Å². The van der Waals surface area contributed by atoms with E-state index in [1.54, 1.807) is 24.3 Å². The maximum Gasteiger partial charge on any atom is 0.310 e. The van der Waals surface area contributed by atoms with Crippen molar-refractivity contribution in [1.29, 1.82) is 0 Å². The number of anilines is 1. The van der Waals surface area contributed by atoms with Crippen LogP contribution in [0.15, 0.2) is 66.7 Å². The fourth-order valence-electron chi connectivity index (χ4n) is 2.70. The zero-order chi connectivity index (χ0) is 19.2. The molecule has 3 rings (SSSR count). The number of fused-ring (bicyclic) bond motifs is 1. The van der Waals surface area contributed by atoms with Gasteiger partial charge in [-0.15, -0.1) is 0 Å². The summed E-state index contributed by atoms with van der Waals surface area (Å²) in [5, 5.41) is 4.78. The van der Waals surface area contributed by atoms with Crippen molar-refractivity contribution in [3.05, 3.63) is 77.9 Å². The van der Waals surface area contributed by atoms with Gasteiger partial charge in [0.25, 0.3) is 5.91 Å². The summed E-state index contributed by atoms with van der Waals surface area (Å²) in [7, 11) is 0. The van der Waals surface area contributed by atoms with E-state index < -0.39 is 11.9 Å². The van der Waals surface area contributed by atoms with Gasteiger partial charge in [0, 0.05) is 11.3 Å². The Balaban J connectivity index is 1.50. The van der Waals surface area contributed by atoms with Gasteiger partial charge in [-0.25, -0.2) is 0 Å². The maximum atomic E-state index is 12.0. The Bertz CT molecular complexity index is 993. The molecule has 0 saturated carbocycles. The smallest absolute Gasteiger partial charge is 0.310 e. The molecule has 0 bridgehead atoms. The van der Waals surface area contributed by atoms with Crippen molar-refractivity contribution < 1.29 is 19.1 Å². The number of Topliss-reactive ketones (excluding diaryl/α,β-unsaturated/α-hetero) is 1. The monoisotopic (exact) mass is 361 g/mol. The van der Waals surface area contributed by atoms with E-state index in [1.807, 2.05) is 42.5 Å². The molecule has 0 aromatic heterocycles. The normalized spacial score (nSPS) is 10.4. The van der Waals surface area contributed by atoms with E-state index in [0.717, 1.165) is 16.3 Å². The first-order valence-electron chi connectivity index (χ1n) is 8.55. The molecule has 1 N–H and O–H groups in total. The Labute approximate surface area is 157 Å². The number of carbonyl (C=O) groups is 3. The summed E-state index contributed by atoms with van der Waals surface area (Å²) in [6.45, 7) is 1.11. The second-order valence-corrected chi connectivity index (χ2v) is 6.20. The molecule has 5 heteroatoms.